The number of carbonyl (C=O) groups is 1. The van der Waals surface area contributed by atoms with Crippen molar-refractivity contribution in [1.29, 1.82) is 0 Å². The predicted molar refractivity (Wildman–Crippen MR) is 110 cm³/mol. The summed E-state index contributed by atoms with van der Waals surface area (Å²) >= 11 is 1.49. The molecule has 4 heterocycles. The Balaban J connectivity index is 1.55. The molecule has 1 atom stereocenters. The second-order valence-corrected chi connectivity index (χ2v) is 8.43. The molecule has 29 heavy (non-hydrogen) atoms. The van der Waals surface area contributed by atoms with Gasteiger partial charge in [-0.1, -0.05) is 23.5 Å². The highest BCUT2D eigenvalue weighted by Crippen LogP contribution is 2.34. The molecule has 9 heteroatoms. The van der Waals surface area contributed by atoms with Crippen molar-refractivity contribution in [2.24, 2.45) is 5.92 Å². The lowest BCUT2D eigenvalue weighted by atomic mass is 10.1. The SMILES string of the molecule is O=C(Nc1c(-c2cccc(F)c2)nc2sc(N3CCCCC3)nn12)C1CCOC1. The lowest BCUT2D eigenvalue weighted by Crippen LogP contribution is -2.29. The van der Waals surface area contributed by atoms with Crippen LogP contribution in [0.25, 0.3) is 16.2 Å². The van der Waals surface area contributed by atoms with Gasteiger partial charge in [0, 0.05) is 25.3 Å². The molecule has 2 aliphatic heterocycles. The second-order valence-electron chi connectivity index (χ2n) is 7.50. The third-order valence-electron chi connectivity index (χ3n) is 5.46. The number of nitrogens with one attached hydrogen (secondary N) is 1. The molecule has 0 saturated carbocycles. The topological polar surface area (TPSA) is 71.8 Å². The molecule has 2 fully saturated rings. The summed E-state index contributed by atoms with van der Waals surface area (Å²) in [5.41, 5.74) is 1.14. The molecule has 1 N–H and O–H groups in total. The minimum absolute atomic E-state index is 0.116. The van der Waals surface area contributed by atoms with Gasteiger partial charge in [0.05, 0.1) is 12.5 Å². The van der Waals surface area contributed by atoms with Crippen molar-refractivity contribution >= 4 is 33.2 Å². The van der Waals surface area contributed by atoms with Gasteiger partial charge in [-0.15, -0.1) is 5.10 Å². The van der Waals surface area contributed by atoms with Gasteiger partial charge in [-0.2, -0.15) is 4.52 Å². The fourth-order valence-electron chi connectivity index (χ4n) is 3.86. The van der Waals surface area contributed by atoms with Crippen molar-refractivity contribution in [3.63, 3.8) is 0 Å². The van der Waals surface area contributed by atoms with E-state index in [2.05, 4.69) is 10.2 Å². The molecule has 0 aliphatic carbocycles. The number of aromatic nitrogens is 3. The molecule has 1 unspecified atom stereocenters. The maximum Gasteiger partial charge on any atom is 0.231 e. The summed E-state index contributed by atoms with van der Waals surface area (Å²) < 4.78 is 20.9. The Hall–Kier alpha value is -2.52. The largest absolute Gasteiger partial charge is 0.381 e. The van der Waals surface area contributed by atoms with Gasteiger partial charge in [-0.05, 0) is 37.8 Å². The maximum atomic E-state index is 13.8. The van der Waals surface area contributed by atoms with Gasteiger partial charge in [0.2, 0.25) is 16.0 Å². The molecular weight excluding hydrogens is 393 g/mol. The molecule has 1 amide bonds. The van der Waals surface area contributed by atoms with E-state index in [0.717, 1.165) is 31.1 Å². The fourth-order valence-corrected chi connectivity index (χ4v) is 4.81. The van der Waals surface area contributed by atoms with Crippen LogP contribution in [-0.4, -0.2) is 46.8 Å². The van der Waals surface area contributed by atoms with E-state index >= 15 is 0 Å². The Morgan fingerprint density at radius 2 is 2.14 bits per heavy atom. The Kier molecular flexibility index (Phi) is 4.92. The van der Waals surface area contributed by atoms with Crippen LogP contribution in [0, 0.1) is 11.7 Å². The van der Waals surface area contributed by atoms with E-state index < -0.39 is 0 Å². The summed E-state index contributed by atoms with van der Waals surface area (Å²) in [6, 6.07) is 6.24. The number of piperidine rings is 1. The zero-order valence-corrected chi connectivity index (χ0v) is 16.8. The van der Waals surface area contributed by atoms with E-state index in [-0.39, 0.29) is 17.6 Å². The average Bonchev–Trinajstić information content (AvgIpc) is 3.46. The molecule has 3 aromatic rings. The standard InChI is InChI=1S/C20H22FN5O2S/c21-15-6-4-5-13(11-15)16-17(23-18(27)14-7-10-28-12-14)26-19(22-16)29-20(24-26)25-8-2-1-3-9-25/h4-6,11,14H,1-3,7-10,12H2,(H,23,27). The number of ether oxygens (including phenoxy) is 1. The second kappa shape index (κ2) is 7.72. The van der Waals surface area contributed by atoms with Gasteiger partial charge in [0.1, 0.15) is 11.5 Å². The molecule has 5 rings (SSSR count). The number of imidazole rings is 1. The number of carbonyl (C=O) groups excluding carboxylic acids is 1. The first kappa shape index (κ1) is 18.5. The number of amides is 1. The van der Waals surface area contributed by atoms with Gasteiger partial charge < -0.3 is 15.0 Å². The van der Waals surface area contributed by atoms with Gasteiger partial charge in [-0.3, -0.25) is 4.79 Å². The molecule has 0 spiro atoms. The van der Waals surface area contributed by atoms with Crippen LogP contribution in [0.5, 0.6) is 0 Å². The maximum absolute atomic E-state index is 13.8. The van der Waals surface area contributed by atoms with Crippen molar-refractivity contribution in [2.45, 2.75) is 25.7 Å². The minimum atomic E-state index is -0.345. The van der Waals surface area contributed by atoms with E-state index in [1.165, 1.54) is 29.9 Å². The lowest BCUT2D eigenvalue weighted by Gasteiger charge is -2.25. The van der Waals surface area contributed by atoms with Crippen LogP contribution in [0.4, 0.5) is 15.3 Å². The highest BCUT2D eigenvalue weighted by Gasteiger charge is 2.28. The fraction of sp³-hybridized carbons (Fsp3) is 0.450. The van der Waals surface area contributed by atoms with E-state index in [1.807, 2.05) is 0 Å². The summed E-state index contributed by atoms with van der Waals surface area (Å²) in [6.07, 6.45) is 4.25. The predicted octanol–water partition coefficient (Wildman–Crippen LogP) is 3.56. The number of hydrogen-bond acceptors (Lipinski definition) is 6. The first-order valence-electron chi connectivity index (χ1n) is 9.98. The van der Waals surface area contributed by atoms with E-state index in [0.29, 0.717) is 41.7 Å². The molecule has 152 valence electrons. The molecule has 0 radical (unpaired) electrons. The van der Waals surface area contributed by atoms with Crippen LogP contribution in [-0.2, 0) is 9.53 Å². The summed E-state index contributed by atoms with van der Waals surface area (Å²) in [5, 5.41) is 8.64. The molecule has 1 aromatic carbocycles. The van der Waals surface area contributed by atoms with Crippen molar-refractivity contribution < 1.29 is 13.9 Å². The lowest BCUT2D eigenvalue weighted by molar-refractivity contribution is -0.119. The molecule has 2 aliphatic rings. The summed E-state index contributed by atoms with van der Waals surface area (Å²) in [6.45, 7) is 2.97. The number of fused-ring (bicyclic) bond motifs is 1. The minimum Gasteiger partial charge on any atom is -0.381 e. The van der Waals surface area contributed by atoms with Gasteiger partial charge in [0.15, 0.2) is 5.82 Å². The molecule has 2 saturated heterocycles. The molecule has 7 nitrogen and oxygen atoms in total. The Bertz CT molecular complexity index is 1040. The monoisotopic (exact) mass is 415 g/mol. The number of benzene rings is 1. The van der Waals surface area contributed by atoms with Crippen molar-refractivity contribution in [3.05, 3.63) is 30.1 Å². The number of anilines is 2. The van der Waals surface area contributed by atoms with E-state index in [9.17, 15) is 9.18 Å². The molecule has 0 bridgehead atoms. The Labute approximate surface area is 171 Å². The summed E-state index contributed by atoms with van der Waals surface area (Å²) in [5.74, 6) is -0.167. The highest BCUT2D eigenvalue weighted by atomic mass is 32.1. The normalized spacial score (nSPS) is 19.8. The first-order chi connectivity index (χ1) is 14.2. The smallest absolute Gasteiger partial charge is 0.231 e. The van der Waals surface area contributed by atoms with Gasteiger partial charge in [0.25, 0.3) is 0 Å². The zero-order chi connectivity index (χ0) is 19.8. The van der Waals surface area contributed by atoms with Crippen LogP contribution >= 0.6 is 11.3 Å². The number of halogens is 1. The quantitative estimate of drug-likeness (QED) is 0.705. The van der Waals surface area contributed by atoms with E-state index in [1.54, 1.807) is 16.6 Å². The van der Waals surface area contributed by atoms with Gasteiger partial charge >= 0.3 is 0 Å². The van der Waals surface area contributed by atoms with Crippen molar-refractivity contribution in [3.8, 4) is 11.3 Å². The molecule has 2 aromatic heterocycles. The van der Waals surface area contributed by atoms with Crippen LogP contribution in [0.15, 0.2) is 24.3 Å². The number of nitrogens with zero attached hydrogens (tertiary/aromatic N) is 4. The van der Waals surface area contributed by atoms with Crippen molar-refractivity contribution in [1.82, 2.24) is 14.6 Å². The summed E-state index contributed by atoms with van der Waals surface area (Å²) in [7, 11) is 0. The highest BCUT2D eigenvalue weighted by molar-refractivity contribution is 7.20. The van der Waals surface area contributed by atoms with E-state index in [4.69, 9.17) is 14.8 Å². The molecular formula is C20H22FN5O2S. The van der Waals surface area contributed by atoms with Gasteiger partial charge in [-0.25, -0.2) is 9.37 Å². The zero-order valence-electron chi connectivity index (χ0n) is 15.9. The Morgan fingerprint density at radius 1 is 1.28 bits per heavy atom. The third kappa shape index (κ3) is 3.60. The third-order valence-corrected chi connectivity index (χ3v) is 6.43. The van der Waals surface area contributed by atoms with Crippen LogP contribution < -0.4 is 10.2 Å². The number of rotatable bonds is 4. The van der Waals surface area contributed by atoms with Crippen LogP contribution in [0.2, 0.25) is 0 Å². The Morgan fingerprint density at radius 3 is 2.90 bits per heavy atom. The average molecular weight is 415 g/mol. The summed E-state index contributed by atoms with van der Waals surface area (Å²) in [4.78, 5) is 20.4. The number of hydrogen-bond donors (Lipinski definition) is 1. The van der Waals surface area contributed by atoms with Crippen LogP contribution in [0.1, 0.15) is 25.7 Å². The van der Waals surface area contributed by atoms with Crippen molar-refractivity contribution in [2.75, 3.05) is 36.5 Å². The first-order valence-corrected chi connectivity index (χ1v) is 10.8. The van der Waals surface area contributed by atoms with Crippen LogP contribution in [0.3, 0.4) is 0 Å².